The molecule has 0 unspecified atom stereocenters. The second-order valence-corrected chi connectivity index (χ2v) is 8.86. The molecule has 0 saturated carbocycles. The summed E-state index contributed by atoms with van der Waals surface area (Å²) in [6, 6.07) is 9.00. The van der Waals surface area contributed by atoms with Crippen molar-refractivity contribution in [1.29, 1.82) is 0 Å². The van der Waals surface area contributed by atoms with Crippen LogP contribution in [-0.4, -0.2) is 11.0 Å². The van der Waals surface area contributed by atoms with E-state index in [1.165, 1.54) is 24.0 Å². The summed E-state index contributed by atoms with van der Waals surface area (Å²) in [5, 5.41) is 0. The summed E-state index contributed by atoms with van der Waals surface area (Å²) in [5.41, 5.74) is 3.26. The van der Waals surface area contributed by atoms with Crippen molar-refractivity contribution in [2.24, 2.45) is 0 Å². The Morgan fingerprint density at radius 1 is 0.577 bits per heavy atom. The van der Waals surface area contributed by atoms with Crippen LogP contribution in [0.2, 0.25) is 0 Å². The fourth-order valence-corrected chi connectivity index (χ4v) is 2.80. The zero-order chi connectivity index (χ0) is 17.8. The average Bonchev–Trinajstić information content (AvgIpc) is 2.51. The molecule has 0 aliphatic heterocycles. The molecule has 0 bridgehead atoms. The van der Waals surface area contributed by atoms with Crippen molar-refractivity contribution in [3.63, 3.8) is 0 Å². The van der Waals surface area contributed by atoms with Gasteiger partial charge in [0, 0.05) is 37.1 Å². The van der Waals surface area contributed by atoms with Gasteiger partial charge in [0.25, 0.3) is 0 Å². The third-order valence-electron chi connectivity index (χ3n) is 4.60. The first-order valence-electron chi connectivity index (χ1n) is 9.15. The van der Waals surface area contributed by atoms with Gasteiger partial charge in [-0.3, -0.25) is 0 Å². The van der Waals surface area contributed by atoms with Crippen LogP contribution in [0.25, 0.3) is 0 Å². The van der Waals surface area contributed by atoms with Crippen molar-refractivity contribution in [2.45, 2.75) is 78.3 Å². The first-order valence-corrected chi connectivity index (χ1v) is 9.15. The Morgan fingerprint density at radius 2 is 0.846 bits per heavy atom. The maximum Gasteiger partial charge on any atom is 0.169 e. The summed E-state index contributed by atoms with van der Waals surface area (Å²) in [6.07, 6.45) is 11.3. The van der Waals surface area contributed by atoms with E-state index in [1.54, 1.807) is 0 Å². The molecule has 0 amide bonds. The van der Waals surface area contributed by atoms with Gasteiger partial charge >= 0.3 is 0 Å². The Kier molecular flexibility index (Phi) is 9.12. The monoisotopic (exact) mass is 360 g/mol. The topological polar surface area (TPSA) is 67.8 Å². The Hall–Kier alpha value is -1.78. The van der Waals surface area contributed by atoms with Crippen LogP contribution in [0.3, 0.4) is 0 Å². The third-order valence-corrected chi connectivity index (χ3v) is 4.60. The molecule has 0 atom stereocenters. The van der Waals surface area contributed by atoms with Crippen molar-refractivity contribution in [3.8, 4) is 0 Å². The quantitative estimate of drug-likeness (QED) is 0.598. The van der Waals surface area contributed by atoms with Crippen molar-refractivity contribution in [1.82, 2.24) is 0 Å². The van der Waals surface area contributed by atoms with Gasteiger partial charge in [-0.05, 0) is 22.0 Å². The Morgan fingerprint density at radius 3 is 1.08 bits per heavy atom. The number of nitrogens with zero attached hydrogens (tertiary/aromatic N) is 2. The predicted octanol–water partition coefficient (Wildman–Crippen LogP) is 3.98. The van der Waals surface area contributed by atoms with E-state index >= 15 is 0 Å². The molecule has 0 aliphatic carbocycles. The molecule has 2 heterocycles. The first kappa shape index (κ1) is 24.2. The smallest absolute Gasteiger partial charge is 0.169 e. The highest BCUT2D eigenvalue weighted by molar-refractivity contribution is 5.18. The van der Waals surface area contributed by atoms with E-state index in [9.17, 15) is 0 Å². The van der Waals surface area contributed by atoms with Gasteiger partial charge in [-0.25, -0.2) is 9.13 Å². The van der Waals surface area contributed by atoms with Crippen molar-refractivity contribution < 1.29 is 20.1 Å². The fraction of sp³-hybridized carbons (Fsp3) is 0.545. The number of aromatic nitrogens is 2. The summed E-state index contributed by atoms with van der Waals surface area (Å²) >= 11 is 0. The van der Waals surface area contributed by atoms with Gasteiger partial charge in [0.1, 0.15) is 13.1 Å². The highest BCUT2D eigenvalue weighted by atomic mass is 16.0. The lowest BCUT2D eigenvalue weighted by Crippen LogP contribution is -2.36. The molecule has 0 radical (unpaired) electrons. The van der Waals surface area contributed by atoms with Gasteiger partial charge in [-0.1, -0.05) is 41.5 Å². The lowest BCUT2D eigenvalue weighted by Gasteiger charge is -2.17. The summed E-state index contributed by atoms with van der Waals surface area (Å²) in [7, 11) is 0. The minimum absolute atomic E-state index is 0. The predicted molar refractivity (Wildman–Crippen MR) is 104 cm³/mol. The van der Waals surface area contributed by atoms with Crippen LogP contribution in [0.4, 0.5) is 0 Å². The van der Waals surface area contributed by atoms with Crippen LogP contribution in [0, 0.1) is 0 Å². The van der Waals surface area contributed by atoms with E-state index in [2.05, 4.69) is 99.7 Å². The minimum Gasteiger partial charge on any atom is -0.870 e. The maximum absolute atomic E-state index is 2.29. The fourth-order valence-electron chi connectivity index (χ4n) is 2.80. The molecule has 26 heavy (non-hydrogen) atoms. The molecule has 0 saturated heterocycles. The van der Waals surface area contributed by atoms with Crippen molar-refractivity contribution >= 4 is 0 Å². The molecule has 0 fully saturated rings. The highest BCUT2D eigenvalue weighted by Crippen LogP contribution is 2.20. The van der Waals surface area contributed by atoms with E-state index in [4.69, 9.17) is 0 Å². The number of rotatable bonds is 5. The highest BCUT2D eigenvalue weighted by Gasteiger charge is 2.16. The van der Waals surface area contributed by atoms with E-state index in [0.717, 1.165) is 13.1 Å². The van der Waals surface area contributed by atoms with Crippen LogP contribution in [0.1, 0.15) is 65.5 Å². The molecule has 2 N–H and O–H groups in total. The number of unbranched alkanes of at least 4 members (excludes halogenated alkanes) is 1. The molecule has 0 aliphatic rings. The summed E-state index contributed by atoms with van der Waals surface area (Å²) in [6.45, 7) is 15.7. The third kappa shape index (κ3) is 7.22. The van der Waals surface area contributed by atoms with Gasteiger partial charge < -0.3 is 11.0 Å². The second-order valence-electron chi connectivity index (χ2n) is 8.86. The molecule has 0 spiro atoms. The Labute approximate surface area is 159 Å². The van der Waals surface area contributed by atoms with E-state index in [-0.39, 0.29) is 21.8 Å². The van der Waals surface area contributed by atoms with Gasteiger partial charge in [0.2, 0.25) is 0 Å². The van der Waals surface area contributed by atoms with Gasteiger partial charge in [-0.15, -0.1) is 0 Å². The average molecular weight is 361 g/mol. The van der Waals surface area contributed by atoms with Crippen LogP contribution in [0.5, 0.6) is 0 Å². The normalized spacial score (nSPS) is 11.5. The lowest BCUT2D eigenvalue weighted by molar-refractivity contribution is -0.708. The largest absolute Gasteiger partial charge is 0.870 e. The van der Waals surface area contributed by atoms with Crippen molar-refractivity contribution in [3.05, 3.63) is 60.2 Å². The number of hydrogen-bond donors (Lipinski definition) is 0. The number of aryl methyl sites for hydroxylation is 2. The molecular weight excluding hydrogens is 324 g/mol. The zero-order valence-electron chi connectivity index (χ0n) is 17.2. The second kappa shape index (κ2) is 9.79. The molecule has 0 aromatic carbocycles. The molecule has 2 aromatic heterocycles. The minimum atomic E-state index is 0. The standard InChI is InChI=1S/C22H34N2.2H2O/c1-21(2,3)19-9-15-23(16-10-19)13-7-8-14-24-17-11-20(12-18-24)22(4,5)6;;/h9-12,15-18H,7-8,13-14H2,1-6H3;2*1H2/q+2;;/p-2. The van der Waals surface area contributed by atoms with Gasteiger partial charge in [0.05, 0.1) is 0 Å². The van der Waals surface area contributed by atoms with Crippen LogP contribution >= 0.6 is 0 Å². The maximum atomic E-state index is 2.29. The van der Waals surface area contributed by atoms with E-state index in [1.807, 2.05) is 0 Å². The first-order chi connectivity index (χ1) is 11.2. The summed E-state index contributed by atoms with van der Waals surface area (Å²) < 4.78 is 4.59. The van der Waals surface area contributed by atoms with E-state index < -0.39 is 0 Å². The Bertz CT molecular complexity index is 576. The van der Waals surface area contributed by atoms with Crippen molar-refractivity contribution in [2.75, 3.05) is 0 Å². The van der Waals surface area contributed by atoms with Gasteiger partial charge in [0.15, 0.2) is 24.8 Å². The zero-order valence-corrected chi connectivity index (χ0v) is 17.2. The van der Waals surface area contributed by atoms with Crippen LogP contribution in [-0.2, 0) is 23.9 Å². The lowest BCUT2D eigenvalue weighted by atomic mass is 9.88. The SMILES string of the molecule is CC(C)(C)c1cc[n+](CCCC[n+]2ccc(C(C)(C)C)cc2)cc1.[OH-].[OH-]. The van der Waals surface area contributed by atoms with Gasteiger partial charge in [-0.2, -0.15) is 0 Å². The Balaban J connectivity index is 0.00000312. The number of hydrogen-bond acceptors (Lipinski definition) is 2. The number of pyridine rings is 2. The van der Waals surface area contributed by atoms with Crippen LogP contribution in [0.15, 0.2) is 49.1 Å². The molecule has 4 nitrogen and oxygen atoms in total. The van der Waals surface area contributed by atoms with E-state index in [0.29, 0.717) is 0 Å². The molecule has 2 rings (SSSR count). The molecule has 4 heteroatoms. The summed E-state index contributed by atoms with van der Waals surface area (Å²) in [4.78, 5) is 0. The van der Waals surface area contributed by atoms with Crippen LogP contribution < -0.4 is 9.13 Å². The molecule has 2 aromatic rings. The molecular formula is C22H36N2O2. The summed E-state index contributed by atoms with van der Waals surface area (Å²) in [5.74, 6) is 0. The molecule has 146 valence electrons.